The molecule has 0 spiro atoms. The number of benzene rings is 1. The van der Waals surface area contributed by atoms with Crippen LogP contribution in [0.4, 0.5) is 0 Å². The van der Waals surface area contributed by atoms with Gasteiger partial charge in [-0.2, -0.15) is 0 Å². The van der Waals surface area contributed by atoms with E-state index in [1.165, 1.54) is 5.69 Å². The number of amides is 1. The van der Waals surface area contributed by atoms with Gasteiger partial charge in [-0.25, -0.2) is 4.98 Å². The van der Waals surface area contributed by atoms with Gasteiger partial charge in [-0.3, -0.25) is 4.79 Å². The van der Waals surface area contributed by atoms with Crippen molar-refractivity contribution in [3.8, 4) is 0 Å². The number of fused-ring (bicyclic) bond motifs is 2. The van der Waals surface area contributed by atoms with Crippen LogP contribution in [0.15, 0.2) is 41.1 Å². The minimum Gasteiger partial charge on any atom is -0.451 e. The van der Waals surface area contributed by atoms with Crippen LogP contribution >= 0.6 is 0 Å². The van der Waals surface area contributed by atoms with Gasteiger partial charge in [-0.05, 0) is 19.1 Å². The largest absolute Gasteiger partial charge is 0.451 e. The highest BCUT2D eigenvalue weighted by molar-refractivity contribution is 5.96. The molecule has 130 valence electrons. The van der Waals surface area contributed by atoms with E-state index >= 15 is 0 Å². The Hall–Kier alpha value is -2.60. The van der Waals surface area contributed by atoms with E-state index in [1.807, 2.05) is 53.8 Å². The minimum absolute atomic E-state index is 0.0245. The predicted molar refractivity (Wildman–Crippen MR) is 93.3 cm³/mol. The number of hydrogen-bond acceptors (Lipinski definition) is 4. The van der Waals surface area contributed by atoms with E-state index in [0.29, 0.717) is 25.5 Å². The first-order valence-electron chi connectivity index (χ1n) is 8.53. The number of imidazole rings is 1. The topological polar surface area (TPSA) is 60.5 Å². The smallest absolute Gasteiger partial charge is 0.290 e. The lowest BCUT2D eigenvalue weighted by Gasteiger charge is -2.34. The fourth-order valence-corrected chi connectivity index (χ4v) is 3.39. The minimum atomic E-state index is -0.114. The van der Waals surface area contributed by atoms with E-state index in [2.05, 4.69) is 4.98 Å². The van der Waals surface area contributed by atoms with Crippen LogP contribution in [0, 0.1) is 0 Å². The average molecular weight is 339 g/mol. The highest BCUT2D eigenvalue weighted by Crippen LogP contribution is 2.26. The summed E-state index contributed by atoms with van der Waals surface area (Å²) < 4.78 is 13.4. The summed E-state index contributed by atoms with van der Waals surface area (Å²) in [6, 6.07) is 9.44. The molecular weight excluding hydrogens is 318 g/mol. The molecule has 0 unspecified atom stereocenters. The van der Waals surface area contributed by atoms with Crippen LogP contribution in [0.1, 0.15) is 28.9 Å². The maximum atomic E-state index is 13.1. The third-order valence-corrected chi connectivity index (χ3v) is 4.75. The number of aromatic nitrogens is 2. The van der Waals surface area contributed by atoms with E-state index in [4.69, 9.17) is 9.15 Å². The molecule has 1 atom stereocenters. The van der Waals surface area contributed by atoms with Gasteiger partial charge in [-0.1, -0.05) is 18.2 Å². The summed E-state index contributed by atoms with van der Waals surface area (Å²) in [5, 5.41) is 0.933. The Morgan fingerprint density at radius 2 is 2.24 bits per heavy atom. The second-order valence-corrected chi connectivity index (χ2v) is 6.35. The zero-order valence-corrected chi connectivity index (χ0v) is 14.4. The molecule has 3 aromatic rings. The maximum absolute atomic E-state index is 13.1. The maximum Gasteiger partial charge on any atom is 0.290 e. The van der Waals surface area contributed by atoms with Gasteiger partial charge in [0.25, 0.3) is 5.91 Å². The molecule has 3 heterocycles. The second-order valence-electron chi connectivity index (χ2n) is 6.35. The molecule has 6 nitrogen and oxygen atoms in total. The van der Waals surface area contributed by atoms with Crippen LogP contribution in [0.3, 0.4) is 0 Å². The number of ether oxygens (including phenoxy) is 1. The van der Waals surface area contributed by atoms with Crippen LogP contribution in [0.5, 0.6) is 0 Å². The Morgan fingerprint density at radius 1 is 1.40 bits per heavy atom. The lowest BCUT2D eigenvalue weighted by Crippen LogP contribution is -2.47. The van der Waals surface area contributed by atoms with Crippen molar-refractivity contribution in [1.29, 1.82) is 0 Å². The van der Waals surface area contributed by atoms with Gasteiger partial charge in [0, 0.05) is 31.2 Å². The molecule has 0 saturated carbocycles. The number of aryl methyl sites for hydroxylation is 1. The summed E-state index contributed by atoms with van der Waals surface area (Å²) in [5.74, 6) is 0.249. The number of furan rings is 1. The van der Waals surface area contributed by atoms with E-state index in [9.17, 15) is 4.79 Å². The summed E-state index contributed by atoms with van der Waals surface area (Å²) >= 11 is 0. The van der Waals surface area contributed by atoms with Gasteiger partial charge >= 0.3 is 0 Å². The Labute approximate surface area is 146 Å². The third-order valence-electron chi connectivity index (χ3n) is 4.75. The Morgan fingerprint density at radius 3 is 3.04 bits per heavy atom. The monoisotopic (exact) mass is 339 g/mol. The third kappa shape index (κ3) is 2.82. The number of para-hydroxylation sites is 1. The van der Waals surface area contributed by atoms with Gasteiger partial charge in [-0.15, -0.1) is 0 Å². The van der Waals surface area contributed by atoms with Gasteiger partial charge in [0.1, 0.15) is 5.58 Å². The summed E-state index contributed by atoms with van der Waals surface area (Å²) in [6.45, 7) is 3.57. The van der Waals surface area contributed by atoms with Gasteiger partial charge in [0.05, 0.1) is 31.2 Å². The van der Waals surface area contributed by atoms with E-state index in [1.54, 1.807) is 6.33 Å². The zero-order chi connectivity index (χ0) is 17.4. The summed E-state index contributed by atoms with van der Waals surface area (Å²) in [4.78, 5) is 19.4. The first-order valence-corrected chi connectivity index (χ1v) is 8.53. The lowest BCUT2D eigenvalue weighted by atomic mass is 10.0. The van der Waals surface area contributed by atoms with Crippen molar-refractivity contribution < 1.29 is 13.9 Å². The molecular formula is C19H21N3O3. The molecule has 1 amide bonds. The van der Waals surface area contributed by atoms with Crippen molar-refractivity contribution in [1.82, 2.24) is 14.5 Å². The van der Waals surface area contributed by atoms with Crippen LogP contribution in [0.2, 0.25) is 0 Å². The fourth-order valence-electron chi connectivity index (χ4n) is 3.39. The second kappa shape index (κ2) is 6.37. The normalized spacial score (nSPS) is 17.0. The summed E-state index contributed by atoms with van der Waals surface area (Å²) in [6.07, 6.45) is 2.54. The van der Waals surface area contributed by atoms with Crippen LogP contribution < -0.4 is 0 Å². The van der Waals surface area contributed by atoms with Crippen molar-refractivity contribution in [2.24, 2.45) is 7.05 Å². The molecule has 0 bridgehead atoms. The van der Waals surface area contributed by atoms with Crippen molar-refractivity contribution >= 4 is 16.9 Å². The molecule has 0 radical (unpaired) electrons. The van der Waals surface area contributed by atoms with Crippen molar-refractivity contribution in [2.45, 2.75) is 25.9 Å². The Kier molecular flexibility index (Phi) is 4.05. The average Bonchev–Trinajstić information content (AvgIpc) is 3.22. The molecule has 2 aromatic heterocycles. The molecule has 1 aromatic carbocycles. The number of hydrogen-bond donors (Lipinski definition) is 0. The molecule has 0 saturated heterocycles. The van der Waals surface area contributed by atoms with Gasteiger partial charge < -0.3 is 18.6 Å². The Balaban J connectivity index is 1.66. The quantitative estimate of drug-likeness (QED) is 0.733. The first kappa shape index (κ1) is 15.9. The van der Waals surface area contributed by atoms with E-state index in [0.717, 1.165) is 23.1 Å². The first-order chi connectivity index (χ1) is 12.2. The molecule has 0 fully saturated rings. The van der Waals surface area contributed by atoms with Crippen LogP contribution in [-0.2, 0) is 24.8 Å². The molecule has 1 aliphatic rings. The SMILES string of the molecule is CCOC[C@H]1Cc2c(ncn2C)CN1C(=O)c1cc2ccccc2o1. The van der Waals surface area contributed by atoms with Crippen molar-refractivity contribution in [3.05, 3.63) is 53.8 Å². The van der Waals surface area contributed by atoms with Gasteiger partial charge in [0.15, 0.2) is 5.76 Å². The molecule has 1 aliphatic heterocycles. The number of carbonyl (C=O) groups excluding carboxylic acids is 1. The Bertz CT molecular complexity index is 879. The predicted octanol–water partition coefficient (Wildman–Crippen LogP) is 2.77. The zero-order valence-electron chi connectivity index (χ0n) is 14.4. The van der Waals surface area contributed by atoms with E-state index in [-0.39, 0.29) is 11.9 Å². The molecule has 6 heteroatoms. The summed E-state index contributed by atoms with van der Waals surface area (Å²) in [5.41, 5.74) is 2.83. The number of rotatable bonds is 4. The van der Waals surface area contributed by atoms with Crippen LogP contribution in [0.25, 0.3) is 11.0 Å². The molecule has 4 rings (SSSR count). The highest BCUT2D eigenvalue weighted by Gasteiger charge is 2.34. The number of nitrogens with zero attached hydrogens (tertiary/aromatic N) is 3. The molecule has 0 aliphatic carbocycles. The van der Waals surface area contributed by atoms with Crippen LogP contribution in [-0.4, -0.2) is 39.6 Å². The fraction of sp³-hybridized carbons (Fsp3) is 0.368. The standard InChI is InChI=1S/C19H21N3O3/c1-3-24-11-14-9-16-15(20-12-21(16)2)10-22(14)19(23)18-8-13-6-4-5-7-17(13)25-18/h4-8,12,14H,3,9-11H2,1-2H3/t14-/m1/s1. The molecule has 0 N–H and O–H groups in total. The van der Waals surface area contributed by atoms with Crippen molar-refractivity contribution in [2.75, 3.05) is 13.2 Å². The van der Waals surface area contributed by atoms with E-state index < -0.39 is 0 Å². The van der Waals surface area contributed by atoms with Gasteiger partial charge in [0.2, 0.25) is 0 Å². The molecule has 25 heavy (non-hydrogen) atoms. The number of carbonyl (C=O) groups is 1. The van der Waals surface area contributed by atoms with Crippen molar-refractivity contribution in [3.63, 3.8) is 0 Å². The summed E-state index contributed by atoms with van der Waals surface area (Å²) in [7, 11) is 1.99. The highest BCUT2D eigenvalue weighted by atomic mass is 16.5. The lowest BCUT2D eigenvalue weighted by molar-refractivity contribution is 0.0364.